The predicted octanol–water partition coefficient (Wildman–Crippen LogP) is 2.57. The molecule has 0 aliphatic heterocycles. The van der Waals surface area contributed by atoms with Crippen molar-refractivity contribution in [2.45, 2.75) is 51.5 Å². The first kappa shape index (κ1) is 10.1. The quantitative estimate of drug-likeness (QED) is 0.827. The monoisotopic (exact) mass is 217 g/mol. The van der Waals surface area contributed by atoms with Crippen molar-refractivity contribution in [1.29, 1.82) is 0 Å². The van der Waals surface area contributed by atoms with E-state index in [1.54, 1.807) is 6.33 Å². The van der Waals surface area contributed by atoms with Crippen LogP contribution in [0.5, 0.6) is 0 Å². The molecule has 0 unspecified atom stereocenters. The lowest BCUT2D eigenvalue weighted by Gasteiger charge is -2.34. The summed E-state index contributed by atoms with van der Waals surface area (Å²) in [6.07, 6.45) is 9.15. The minimum Gasteiger partial charge on any atom is -0.367 e. The number of rotatable bonds is 2. The van der Waals surface area contributed by atoms with E-state index in [-0.39, 0.29) is 0 Å². The van der Waals surface area contributed by atoms with Crippen molar-refractivity contribution in [3.63, 3.8) is 0 Å². The Labute approximate surface area is 96.7 Å². The molecule has 1 N–H and O–H groups in total. The Morgan fingerprint density at radius 3 is 2.81 bits per heavy atom. The highest BCUT2D eigenvalue weighted by atomic mass is 15.0. The molecule has 0 spiro atoms. The molecule has 0 atom stereocenters. The number of hydrogen-bond acceptors (Lipinski definition) is 3. The second-order valence-electron chi connectivity index (χ2n) is 5.27. The first-order valence-corrected chi connectivity index (χ1v) is 6.42. The molecule has 16 heavy (non-hydrogen) atoms. The number of hydrogen-bond donors (Lipinski definition) is 1. The van der Waals surface area contributed by atoms with Crippen LogP contribution in [0.3, 0.4) is 0 Å². The number of nitrogens with one attached hydrogen (secondary N) is 1. The third kappa shape index (κ3) is 1.79. The minimum atomic E-state index is 0.649. The van der Waals surface area contributed by atoms with E-state index in [2.05, 4.69) is 22.2 Å². The lowest BCUT2D eigenvalue weighted by molar-refractivity contribution is 0.308. The molecule has 0 bridgehead atoms. The number of nitrogens with zero attached hydrogens (tertiary/aromatic N) is 2. The van der Waals surface area contributed by atoms with Gasteiger partial charge in [-0.2, -0.15) is 0 Å². The van der Waals surface area contributed by atoms with Crippen LogP contribution < -0.4 is 5.32 Å². The summed E-state index contributed by atoms with van der Waals surface area (Å²) in [4.78, 5) is 8.81. The van der Waals surface area contributed by atoms with Crippen LogP contribution in [0.1, 0.15) is 43.9 Å². The highest BCUT2D eigenvalue weighted by Crippen LogP contribution is 2.31. The number of anilines is 1. The third-order valence-corrected chi connectivity index (χ3v) is 3.84. The van der Waals surface area contributed by atoms with E-state index >= 15 is 0 Å². The van der Waals surface area contributed by atoms with Crippen molar-refractivity contribution in [3.8, 4) is 0 Å². The van der Waals surface area contributed by atoms with Gasteiger partial charge in [0.25, 0.3) is 0 Å². The van der Waals surface area contributed by atoms with Gasteiger partial charge in [0.2, 0.25) is 0 Å². The summed E-state index contributed by atoms with van der Waals surface area (Å²) in [6, 6.07) is 0.649. The lowest BCUT2D eigenvalue weighted by Crippen LogP contribution is -2.34. The van der Waals surface area contributed by atoms with Crippen LogP contribution in [-0.4, -0.2) is 16.0 Å². The van der Waals surface area contributed by atoms with E-state index in [1.807, 2.05) is 0 Å². The van der Waals surface area contributed by atoms with Crippen LogP contribution in [0, 0.1) is 5.92 Å². The Hall–Kier alpha value is -1.12. The van der Waals surface area contributed by atoms with Gasteiger partial charge in [-0.3, -0.25) is 0 Å². The molecule has 1 heterocycles. The van der Waals surface area contributed by atoms with Crippen molar-refractivity contribution in [1.82, 2.24) is 9.97 Å². The van der Waals surface area contributed by atoms with Gasteiger partial charge < -0.3 is 5.32 Å². The predicted molar refractivity (Wildman–Crippen MR) is 64.5 cm³/mol. The molecular formula is C13H19N3. The average Bonchev–Trinajstić information content (AvgIpc) is 2.27. The Bertz CT molecular complexity index is 383. The summed E-state index contributed by atoms with van der Waals surface area (Å²) in [6.45, 7) is 2.31. The van der Waals surface area contributed by atoms with E-state index in [4.69, 9.17) is 0 Å². The summed E-state index contributed by atoms with van der Waals surface area (Å²) in [7, 11) is 0. The fraction of sp³-hybridized carbons (Fsp3) is 0.692. The SMILES string of the molecule is CC1CC(Nc2ncnc3c2CCCC3)C1. The highest BCUT2D eigenvalue weighted by Gasteiger charge is 2.26. The zero-order chi connectivity index (χ0) is 11.0. The highest BCUT2D eigenvalue weighted by molar-refractivity contribution is 5.48. The van der Waals surface area contributed by atoms with E-state index in [9.17, 15) is 0 Å². The zero-order valence-corrected chi connectivity index (χ0v) is 9.87. The molecule has 1 saturated carbocycles. The molecule has 0 aromatic carbocycles. The van der Waals surface area contributed by atoms with E-state index in [0.717, 1.165) is 24.6 Å². The minimum absolute atomic E-state index is 0.649. The van der Waals surface area contributed by atoms with Crippen LogP contribution in [0.15, 0.2) is 6.33 Å². The van der Waals surface area contributed by atoms with Gasteiger partial charge in [-0.15, -0.1) is 0 Å². The number of fused-ring (bicyclic) bond motifs is 1. The summed E-state index contributed by atoms with van der Waals surface area (Å²) in [5, 5.41) is 3.59. The standard InChI is InChI=1S/C13H19N3/c1-9-6-10(7-9)16-13-11-4-2-3-5-12(11)14-8-15-13/h8-10H,2-7H2,1H3,(H,14,15,16). The van der Waals surface area contributed by atoms with Crippen LogP contribution in [-0.2, 0) is 12.8 Å². The van der Waals surface area contributed by atoms with Gasteiger partial charge in [-0.05, 0) is 44.4 Å². The molecule has 1 aromatic rings. The molecule has 3 rings (SSSR count). The molecule has 3 heteroatoms. The van der Waals surface area contributed by atoms with Crippen LogP contribution in [0.2, 0.25) is 0 Å². The van der Waals surface area contributed by atoms with Gasteiger partial charge in [0, 0.05) is 17.3 Å². The van der Waals surface area contributed by atoms with Crippen molar-refractivity contribution in [2.24, 2.45) is 5.92 Å². The summed E-state index contributed by atoms with van der Waals surface area (Å²) < 4.78 is 0. The number of aryl methyl sites for hydroxylation is 1. The van der Waals surface area contributed by atoms with Gasteiger partial charge in [-0.25, -0.2) is 9.97 Å². The molecule has 0 radical (unpaired) electrons. The molecule has 2 aliphatic rings. The maximum atomic E-state index is 4.42. The van der Waals surface area contributed by atoms with Crippen molar-refractivity contribution in [3.05, 3.63) is 17.6 Å². The topological polar surface area (TPSA) is 37.8 Å². The average molecular weight is 217 g/mol. The number of aromatic nitrogens is 2. The third-order valence-electron chi connectivity index (χ3n) is 3.84. The van der Waals surface area contributed by atoms with Gasteiger partial charge in [0.05, 0.1) is 0 Å². The fourth-order valence-corrected chi connectivity index (χ4v) is 2.86. The van der Waals surface area contributed by atoms with E-state index in [0.29, 0.717) is 6.04 Å². The van der Waals surface area contributed by atoms with Crippen LogP contribution >= 0.6 is 0 Å². The molecule has 1 aromatic heterocycles. The zero-order valence-electron chi connectivity index (χ0n) is 9.87. The molecular weight excluding hydrogens is 198 g/mol. The Morgan fingerprint density at radius 2 is 2.00 bits per heavy atom. The second-order valence-corrected chi connectivity index (χ2v) is 5.27. The summed E-state index contributed by atoms with van der Waals surface area (Å²) >= 11 is 0. The normalized spacial score (nSPS) is 28.1. The maximum Gasteiger partial charge on any atom is 0.133 e. The maximum absolute atomic E-state index is 4.42. The molecule has 3 nitrogen and oxygen atoms in total. The Balaban J connectivity index is 1.78. The van der Waals surface area contributed by atoms with Gasteiger partial charge in [-0.1, -0.05) is 6.92 Å². The van der Waals surface area contributed by atoms with Gasteiger partial charge >= 0.3 is 0 Å². The molecule has 2 aliphatic carbocycles. The Morgan fingerprint density at radius 1 is 1.19 bits per heavy atom. The Kier molecular flexibility index (Phi) is 2.54. The molecule has 1 fully saturated rings. The van der Waals surface area contributed by atoms with Crippen molar-refractivity contribution in [2.75, 3.05) is 5.32 Å². The lowest BCUT2D eigenvalue weighted by atomic mass is 9.81. The fourth-order valence-electron chi connectivity index (χ4n) is 2.86. The van der Waals surface area contributed by atoms with Crippen molar-refractivity contribution < 1.29 is 0 Å². The first-order valence-electron chi connectivity index (χ1n) is 6.42. The van der Waals surface area contributed by atoms with Crippen molar-refractivity contribution >= 4 is 5.82 Å². The van der Waals surface area contributed by atoms with E-state index < -0.39 is 0 Å². The summed E-state index contributed by atoms with van der Waals surface area (Å²) in [5.74, 6) is 2.00. The molecule has 86 valence electrons. The summed E-state index contributed by atoms with van der Waals surface area (Å²) in [5.41, 5.74) is 2.66. The molecule has 0 amide bonds. The largest absolute Gasteiger partial charge is 0.367 e. The van der Waals surface area contributed by atoms with Crippen LogP contribution in [0.25, 0.3) is 0 Å². The first-order chi connectivity index (χ1) is 7.83. The van der Waals surface area contributed by atoms with Gasteiger partial charge in [0.1, 0.15) is 12.1 Å². The molecule has 0 saturated heterocycles. The van der Waals surface area contributed by atoms with Crippen LogP contribution in [0.4, 0.5) is 5.82 Å². The van der Waals surface area contributed by atoms with E-state index in [1.165, 1.54) is 36.9 Å². The smallest absolute Gasteiger partial charge is 0.133 e. The van der Waals surface area contributed by atoms with Gasteiger partial charge in [0.15, 0.2) is 0 Å². The second kappa shape index (κ2) is 4.04.